The van der Waals surface area contributed by atoms with E-state index >= 15 is 0 Å². The Balaban J connectivity index is 2.43. The summed E-state index contributed by atoms with van der Waals surface area (Å²) in [5.74, 6) is 0. The maximum atomic E-state index is 9.01. The molecule has 0 aliphatic carbocycles. The van der Waals surface area contributed by atoms with E-state index in [1.807, 2.05) is 0 Å². The monoisotopic (exact) mass is 214 g/mol. The average molecular weight is 214 g/mol. The second-order valence-corrected chi connectivity index (χ2v) is 5.94. The Bertz CT molecular complexity index is 189. The molecule has 1 saturated heterocycles. The quantitative estimate of drug-likeness (QED) is 0.760. The third-order valence-corrected chi connectivity index (χ3v) is 3.02. The van der Waals surface area contributed by atoms with Crippen molar-refractivity contribution in [3.05, 3.63) is 0 Å². The summed E-state index contributed by atoms with van der Waals surface area (Å²) in [6.07, 6.45) is 0.900. The molecule has 3 heteroatoms. The topological polar surface area (TPSA) is 26.7 Å². The first-order chi connectivity index (χ1) is 6.92. The Kier molecular flexibility index (Phi) is 4.56. The molecule has 0 aromatic heterocycles. The van der Waals surface area contributed by atoms with Gasteiger partial charge in [0.1, 0.15) is 0 Å². The largest absolute Gasteiger partial charge is 0.396 e. The highest BCUT2D eigenvalue weighted by atomic mass is 16.3. The predicted octanol–water partition coefficient (Wildman–Crippen LogP) is 1.03. The van der Waals surface area contributed by atoms with Crippen molar-refractivity contribution >= 4 is 0 Å². The van der Waals surface area contributed by atoms with Crippen LogP contribution < -0.4 is 0 Å². The normalized spacial score (nSPS) is 25.8. The zero-order valence-corrected chi connectivity index (χ0v) is 10.7. The van der Waals surface area contributed by atoms with E-state index in [0.29, 0.717) is 18.1 Å². The second-order valence-electron chi connectivity index (χ2n) is 5.94. The lowest BCUT2D eigenvalue weighted by molar-refractivity contribution is 0.0591. The van der Waals surface area contributed by atoms with E-state index in [2.05, 4.69) is 37.6 Å². The fourth-order valence-corrected chi connectivity index (χ4v) is 2.29. The Morgan fingerprint density at radius 3 is 2.47 bits per heavy atom. The minimum atomic E-state index is 0.304. The minimum Gasteiger partial charge on any atom is -0.396 e. The molecule has 1 N–H and O–H groups in total. The van der Waals surface area contributed by atoms with Gasteiger partial charge in [-0.15, -0.1) is 0 Å². The van der Waals surface area contributed by atoms with E-state index in [9.17, 15) is 0 Å². The van der Waals surface area contributed by atoms with E-state index in [1.54, 1.807) is 0 Å². The van der Waals surface area contributed by atoms with Crippen LogP contribution in [0.3, 0.4) is 0 Å². The Labute approximate surface area is 94.1 Å². The molecule has 0 aromatic rings. The first kappa shape index (κ1) is 12.9. The van der Waals surface area contributed by atoms with Gasteiger partial charge in [0.15, 0.2) is 0 Å². The third-order valence-electron chi connectivity index (χ3n) is 3.02. The van der Waals surface area contributed by atoms with Crippen molar-refractivity contribution in [2.75, 3.05) is 39.8 Å². The smallest absolute Gasteiger partial charge is 0.0446 e. The van der Waals surface area contributed by atoms with Crippen molar-refractivity contribution in [2.45, 2.75) is 33.2 Å². The van der Waals surface area contributed by atoms with Gasteiger partial charge in [-0.3, -0.25) is 4.90 Å². The van der Waals surface area contributed by atoms with Gasteiger partial charge in [-0.25, -0.2) is 0 Å². The maximum Gasteiger partial charge on any atom is 0.0446 e. The van der Waals surface area contributed by atoms with Gasteiger partial charge in [0.2, 0.25) is 0 Å². The summed E-state index contributed by atoms with van der Waals surface area (Å²) < 4.78 is 0. The van der Waals surface area contributed by atoms with Gasteiger partial charge < -0.3 is 10.0 Å². The van der Waals surface area contributed by atoms with Crippen LogP contribution in [-0.2, 0) is 0 Å². The lowest BCUT2D eigenvalue weighted by atomic mass is 9.95. The third kappa shape index (κ3) is 4.49. The van der Waals surface area contributed by atoms with Crippen LogP contribution in [-0.4, -0.2) is 60.8 Å². The summed E-state index contributed by atoms with van der Waals surface area (Å²) in [5, 5.41) is 9.01. The van der Waals surface area contributed by atoms with Crippen LogP contribution in [0, 0.1) is 5.41 Å². The summed E-state index contributed by atoms with van der Waals surface area (Å²) in [6, 6.07) is 0.533. The molecule has 1 rings (SSSR count). The van der Waals surface area contributed by atoms with E-state index < -0.39 is 0 Å². The van der Waals surface area contributed by atoms with Crippen LogP contribution in [0.25, 0.3) is 0 Å². The molecule has 15 heavy (non-hydrogen) atoms. The molecule has 1 fully saturated rings. The fourth-order valence-electron chi connectivity index (χ4n) is 2.29. The van der Waals surface area contributed by atoms with Crippen molar-refractivity contribution in [2.24, 2.45) is 5.41 Å². The lowest BCUT2D eigenvalue weighted by Gasteiger charge is -2.41. The van der Waals surface area contributed by atoms with Gasteiger partial charge in [-0.1, -0.05) is 20.8 Å². The van der Waals surface area contributed by atoms with Gasteiger partial charge in [0.05, 0.1) is 0 Å². The second kappa shape index (κ2) is 5.28. The molecule has 1 aliphatic rings. The highest BCUT2D eigenvalue weighted by Crippen LogP contribution is 2.18. The van der Waals surface area contributed by atoms with Gasteiger partial charge >= 0.3 is 0 Å². The van der Waals surface area contributed by atoms with Gasteiger partial charge in [-0.05, 0) is 18.9 Å². The number of hydrogen-bond donors (Lipinski definition) is 1. The molecule has 0 spiro atoms. The maximum absolute atomic E-state index is 9.01. The molecular weight excluding hydrogens is 188 g/mol. The summed E-state index contributed by atoms with van der Waals surface area (Å²) in [5.41, 5.74) is 0.375. The zero-order chi connectivity index (χ0) is 11.5. The highest BCUT2D eigenvalue weighted by molar-refractivity contribution is 4.82. The molecule has 0 aromatic carbocycles. The van der Waals surface area contributed by atoms with E-state index in [-0.39, 0.29) is 0 Å². The number of piperazine rings is 1. The first-order valence-electron chi connectivity index (χ1n) is 5.96. The highest BCUT2D eigenvalue weighted by Gasteiger charge is 2.26. The Morgan fingerprint density at radius 1 is 1.27 bits per heavy atom. The molecule has 0 saturated carbocycles. The van der Waals surface area contributed by atoms with E-state index in [0.717, 1.165) is 32.6 Å². The van der Waals surface area contributed by atoms with Crippen molar-refractivity contribution in [3.8, 4) is 0 Å². The summed E-state index contributed by atoms with van der Waals surface area (Å²) in [4.78, 5) is 4.90. The average Bonchev–Trinajstić information content (AvgIpc) is 2.09. The van der Waals surface area contributed by atoms with Crippen molar-refractivity contribution in [1.82, 2.24) is 9.80 Å². The summed E-state index contributed by atoms with van der Waals surface area (Å²) in [7, 11) is 2.16. The van der Waals surface area contributed by atoms with Crippen LogP contribution in [0.5, 0.6) is 0 Å². The first-order valence-corrected chi connectivity index (χ1v) is 5.96. The van der Waals surface area contributed by atoms with Crippen LogP contribution in [0.1, 0.15) is 27.2 Å². The molecule has 1 heterocycles. The van der Waals surface area contributed by atoms with E-state index in [4.69, 9.17) is 5.11 Å². The molecular formula is C12H26N2O. The van der Waals surface area contributed by atoms with Crippen LogP contribution in [0.2, 0.25) is 0 Å². The lowest BCUT2D eigenvalue weighted by Crippen LogP contribution is -2.53. The molecule has 0 bridgehead atoms. The number of aliphatic hydroxyl groups is 1. The van der Waals surface area contributed by atoms with E-state index in [1.165, 1.54) is 0 Å². The predicted molar refractivity (Wildman–Crippen MR) is 64.0 cm³/mol. The van der Waals surface area contributed by atoms with Crippen LogP contribution in [0.15, 0.2) is 0 Å². The molecule has 1 atom stereocenters. The minimum absolute atomic E-state index is 0.304. The zero-order valence-electron chi connectivity index (χ0n) is 10.7. The molecule has 0 amide bonds. The van der Waals surface area contributed by atoms with Crippen molar-refractivity contribution in [1.29, 1.82) is 0 Å². The number of rotatable bonds is 3. The number of nitrogens with zero attached hydrogens (tertiary/aromatic N) is 2. The number of aliphatic hydroxyl groups excluding tert-OH is 1. The number of likely N-dealkylation sites (N-methyl/N-ethyl adjacent to an activating group) is 1. The number of hydrogen-bond acceptors (Lipinski definition) is 3. The van der Waals surface area contributed by atoms with Crippen molar-refractivity contribution in [3.63, 3.8) is 0 Å². The molecule has 90 valence electrons. The molecule has 3 nitrogen and oxygen atoms in total. The fraction of sp³-hybridized carbons (Fsp3) is 1.00. The van der Waals surface area contributed by atoms with Crippen LogP contribution >= 0.6 is 0 Å². The van der Waals surface area contributed by atoms with Gasteiger partial charge in [0, 0.05) is 38.8 Å². The standard InChI is InChI=1S/C12H26N2O/c1-12(2,3)10-14-7-6-13(4)11(9-14)5-8-15/h11,15H,5-10H2,1-4H3/t11-/m1/s1. The van der Waals surface area contributed by atoms with Crippen LogP contribution in [0.4, 0.5) is 0 Å². The van der Waals surface area contributed by atoms with Crippen molar-refractivity contribution < 1.29 is 5.11 Å². The molecule has 1 aliphatic heterocycles. The van der Waals surface area contributed by atoms with Gasteiger partial charge in [-0.2, -0.15) is 0 Å². The van der Waals surface area contributed by atoms with Gasteiger partial charge in [0.25, 0.3) is 0 Å². The Hall–Kier alpha value is -0.120. The SMILES string of the molecule is CN1CCN(CC(C)(C)C)C[C@H]1CCO. The molecule has 0 radical (unpaired) electrons. The molecule has 0 unspecified atom stereocenters. The summed E-state index contributed by atoms with van der Waals surface area (Å²) >= 11 is 0. The summed E-state index contributed by atoms with van der Waals surface area (Å²) in [6.45, 7) is 11.7. The Morgan fingerprint density at radius 2 is 1.93 bits per heavy atom.